The van der Waals surface area contributed by atoms with Crippen LogP contribution in [0.2, 0.25) is 5.28 Å². The lowest BCUT2D eigenvalue weighted by atomic mass is 10.4. The maximum atomic E-state index is 5.77. The molecule has 0 fully saturated rings. The smallest absolute Gasteiger partial charge is 0.262 e. The normalized spacial score (nSPS) is 10.8. The SMILES string of the molecule is Cc1cc(Sc2nc(C)c(C)o2)nc(Cl)n1. The molecule has 0 amide bonds. The molecule has 2 aromatic heterocycles. The summed E-state index contributed by atoms with van der Waals surface area (Å²) in [4.78, 5) is 12.3. The summed E-state index contributed by atoms with van der Waals surface area (Å²) in [7, 11) is 0. The fraction of sp³-hybridized carbons (Fsp3) is 0.300. The average Bonchev–Trinajstić information content (AvgIpc) is 2.43. The van der Waals surface area contributed by atoms with Gasteiger partial charge in [-0.25, -0.2) is 15.0 Å². The lowest BCUT2D eigenvalue weighted by molar-refractivity contribution is 0.431. The van der Waals surface area contributed by atoms with Crippen LogP contribution in [0.4, 0.5) is 0 Å². The van der Waals surface area contributed by atoms with Crippen LogP contribution in [0.5, 0.6) is 0 Å². The summed E-state index contributed by atoms with van der Waals surface area (Å²) in [6.45, 7) is 5.65. The van der Waals surface area contributed by atoms with E-state index in [9.17, 15) is 0 Å². The van der Waals surface area contributed by atoms with Crippen LogP contribution in [0.3, 0.4) is 0 Å². The first-order chi connectivity index (χ1) is 7.54. The van der Waals surface area contributed by atoms with Crippen molar-refractivity contribution in [2.75, 3.05) is 0 Å². The minimum Gasteiger partial charge on any atom is -0.436 e. The van der Waals surface area contributed by atoms with Gasteiger partial charge in [0.05, 0.1) is 5.69 Å². The third-order valence-electron chi connectivity index (χ3n) is 2.00. The second-order valence-corrected chi connectivity index (χ2v) is 4.65. The van der Waals surface area contributed by atoms with E-state index in [4.69, 9.17) is 16.0 Å². The molecular weight excluding hydrogens is 246 g/mol. The minimum absolute atomic E-state index is 0.238. The highest BCUT2D eigenvalue weighted by atomic mass is 35.5. The summed E-state index contributed by atoms with van der Waals surface area (Å²) in [5.41, 5.74) is 1.71. The molecule has 0 aliphatic heterocycles. The van der Waals surface area contributed by atoms with E-state index >= 15 is 0 Å². The summed E-state index contributed by atoms with van der Waals surface area (Å²) < 4.78 is 5.45. The second kappa shape index (κ2) is 4.43. The molecule has 6 heteroatoms. The zero-order chi connectivity index (χ0) is 11.7. The Labute approximate surface area is 102 Å². The van der Waals surface area contributed by atoms with Crippen molar-refractivity contribution in [2.24, 2.45) is 0 Å². The van der Waals surface area contributed by atoms with Crippen molar-refractivity contribution < 1.29 is 4.42 Å². The highest BCUT2D eigenvalue weighted by Gasteiger charge is 2.09. The van der Waals surface area contributed by atoms with Crippen molar-refractivity contribution in [3.05, 3.63) is 28.5 Å². The van der Waals surface area contributed by atoms with Gasteiger partial charge in [0.15, 0.2) is 0 Å². The molecule has 2 heterocycles. The molecule has 4 nitrogen and oxygen atoms in total. The van der Waals surface area contributed by atoms with Gasteiger partial charge in [-0.3, -0.25) is 0 Å². The number of hydrogen-bond donors (Lipinski definition) is 0. The van der Waals surface area contributed by atoms with Gasteiger partial charge in [-0.05, 0) is 50.2 Å². The first-order valence-corrected chi connectivity index (χ1v) is 5.87. The summed E-state index contributed by atoms with van der Waals surface area (Å²) in [5, 5.41) is 1.55. The summed E-state index contributed by atoms with van der Waals surface area (Å²) in [6.07, 6.45) is 0. The highest BCUT2D eigenvalue weighted by Crippen LogP contribution is 2.27. The van der Waals surface area contributed by atoms with E-state index in [0.717, 1.165) is 22.2 Å². The van der Waals surface area contributed by atoms with Crippen LogP contribution < -0.4 is 0 Å². The molecular formula is C10H10ClN3OS. The monoisotopic (exact) mass is 255 g/mol. The van der Waals surface area contributed by atoms with Crippen LogP contribution in [-0.2, 0) is 0 Å². The van der Waals surface area contributed by atoms with E-state index in [1.54, 1.807) is 0 Å². The number of oxazole rings is 1. The first-order valence-electron chi connectivity index (χ1n) is 4.67. The Balaban J connectivity index is 2.26. The topological polar surface area (TPSA) is 51.8 Å². The molecule has 0 aliphatic carbocycles. The largest absolute Gasteiger partial charge is 0.436 e. The molecule has 16 heavy (non-hydrogen) atoms. The zero-order valence-corrected chi connectivity index (χ0v) is 10.7. The van der Waals surface area contributed by atoms with Crippen molar-refractivity contribution in [2.45, 2.75) is 31.0 Å². The molecule has 0 aliphatic rings. The molecule has 0 N–H and O–H groups in total. The van der Waals surface area contributed by atoms with Gasteiger partial charge in [0.1, 0.15) is 10.8 Å². The standard InChI is InChI=1S/C10H10ClN3OS/c1-5-4-8(14-9(11)12-5)16-10-13-6(2)7(3)15-10/h4H,1-3H3. The Morgan fingerprint density at radius 3 is 2.50 bits per heavy atom. The number of aromatic nitrogens is 3. The third kappa shape index (κ3) is 2.54. The number of aryl methyl sites for hydroxylation is 3. The minimum atomic E-state index is 0.238. The van der Waals surface area contributed by atoms with Crippen molar-refractivity contribution in [1.82, 2.24) is 15.0 Å². The fourth-order valence-corrected chi connectivity index (χ4v) is 2.30. The van der Waals surface area contributed by atoms with Gasteiger partial charge in [-0.1, -0.05) is 0 Å². The molecule has 0 spiro atoms. The van der Waals surface area contributed by atoms with Gasteiger partial charge in [0.2, 0.25) is 5.28 Å². The Morgan fingerprint density at radius 2 is 1.94 bits per heavy atom. The predicted octanol–water partition coefficient (Wildman–Crippen LogP) is 3.19. The Kier molecular flexibility index (Phi) is 3.16. The van der Waals surface area contributed by atoms with Gasteiger partial charge >= 0.3 is 0 Å². The summed E-state index contributed by atoms with van der Waals surface area (Å²) in [5.74, 6) is 0.819. The first kappa shape index (κ1) is 11.4. The Morgan fingerprint density at radius 1 is 1.19 bits per heavy atom. The average molecular weight is 256 g/mol. The van der Waals surface area contributed by atoms with Gasteiger partial charge < -0.3 is 4.42 Å². The molecule has 84 valence electrons. The molecule has 0 atom stereocenters. The van der Waals surface area contributed by atoms with E-state index in [-0.39, 0.29) is 5.28 Å². The quantitative estimate of drug-likeness (QED) is 0.609. The van der Waals surface area contributed by atoms with E-state index in [1.807, 2.05) is 26.8 Å². The van der Waals surface area contributed by atoms with Gasteiger partial charge in [0, 0.05) is 5.69 Å². The lowest BCUT2D eigenvalue weighted by Gasteiger charge is -1.98. The third-order valence-corrected chi connectivity index (χ3v) is 2.94. The summed E-state index contributed by atoms with van der Waals surface area (Å²) >= 11 is 7.10. The van der Waals surface area contributed by atoms with Crippen molar-refractivity contribution in [1.29, 1.82) is 0 Å². The lowest BCUT2D eigenvalue weighted by Crippen LogP contribution is -1.88. The zero-order valence-electron chi connectivity index (χ0n) is 9.11. The highest BCUT2D eigenvalue weighted by molar-refractivity contribution is 7.99. The van der Waals surface area contributed by atoms with E-state index in [2.05, 4.69) is 15.0 Å². The van der Waals surface area contributed by atoms with Gasteiger partial charge in [0.25, 0.3) is 5.22 Å². The Bertz CT molecular complexity index is 487. The van der Waals surface area contributed by atoms with E-state index < -0.39 is 0 Å². The van der Waals surface area contributed by atoms with Crippen molar-refractivity contribution in [3.63, 3.8) is 0 Å². The number of nitrogens with zero attached hydrogens (tertiary/aromatic N) is 3. The van der Waals surface area contributed by atoms with Crippen molar-refractivity contribution >= 4 is 23.4 Å². The van der Waals surface area contributed by atoms with Gasteiger partial charge in [-0.2, -0.15) is 0 Å². The number of halogens is 1. The van der Waals surface area contributed by atoms with Crippen LogP contribution in [0, 0.1) is 20.8 Å². The molecule has 0 aromatic carbocycles. The number of hydrogen-bond acceptors (Lipinski definition) is 5. The fourth-order valence-electron chi connectivity index (χ4n) is 1.13. The maximum Gasteiger partial charge on any atom is 0.262 e. The Hall–Kier alpha value is -1.07. The molecule has 0 saturated carbocycles. The van der Waals surface area contributed by atoms with Crippen molar-refractivity contribution in [3.8, 4) is 0 Å². The second-order valence-electron chi connectivity index (χ2n) is 3.34. The van der Waals surface area contributed by atoms with Crippen LogP contribution in [0.25, 0.3) is 0 Å². The van der Waals surface area contributed by atoms with Crippen LogP contribution in [0.1, 0.15) is 17.1 Å². The molecule has 0 saturated heterocycles. The number of rotatable bonds is 2. The van der Waals surface area contributed by atoms with Crippen LogP contribution in [-0.4, -0.2) is 15.0 Å². The van der Waals surface area contributed by atoms with Crippen LogP contribution in [0.15, 0.2) is 20.7 Å². The summed E-state index contributed by atoms with van der Waals surface area (Å²) in [6, 6.07) is 1.84. The molecule has 0 radical (unpaired) electrons. The molecule has 2 rings (SSSR count). The van der Waals surface area contributed by atoms with Gasteiger partial charge in [-0.15, -0.1) is 0 Å². The van der Waals surface area contributed by atoms with E-state index in [0.29, 0.717) is 5.22 Å². The van der Waals surface area contributed by atoms with Crippen LogP contribution >= 0.6 is 23.4 Å². The molecule has 2 aromatic rings. The maximum absolute atomic E-state index is 5.77. The predicted molar refractivity (Wildman–Crippen MR) is 61.9 cm³/mol. The van der Waals surface area contributed by atoms with E-state index in [1.165, 1.54) is 11.8 Å². The molecule has 0 bridgehead atoms. The molecule has 0 unspecified atom stereocenters.